The second kappa shape index (κ2) is 8.49. The summed E-state index contributed by atoms with van der Waals surface area (Å²) in [7, 11) is 0. The van der Waals surface area contributed by atoms with E-state index in [1.54, 1.807) is 18.2 Å². The molecule has 164 valence electrons. The molecule has 0 unspecified atom stereocenters. The Labute approximate surface area is 193 Å². The molecule has 3 saturated carbocycles. The summed E-state index contributed by atoms with van der Waals surface area (Å²) in [5.74, 6) is 0.0175. The van der Waals surface area contributed by atoms with Crippen LogP contribution in [0.1, 0.15) is 25.7 Å². The second-order valence-electron chi connectivity index (χ2n) is 8.30. The Morgan fingerprint density at radius 1 is 0.903 bits per heavy atom. The van der Waals surface area contributed by atoms with Crippen molar-refractivity contribution >= 4 is 46.5 Å². The third kappa shape index (κ3) is 4.92. The van der Waals surface area contributed by atoms with E-state index >= 15 is 0 Å². The number of hydrogen-bond acceptors (Lipinski definition) is 4. The summed E-state index contributed by atoms with van der Waals surface area (Å²) < 4.78 is 24.0. The van der Waals surface area contributed by atoms with Crippen molar-refractivity contribution in [3.05, 3.63) is 57.3 Å². The highest BCUT2D eigenvalue weighted by atomic mass is 35.5. The largest absolute Gasteiger partial charge is 0.486 e. The lowest BCUT2D eigenvalue weighted by Gasteiger charge is -2.70. The molecule has 0 aliphatic heterocycles. The summed E-state index contributed by atoms with van der Waals surface area (Å²) in [6, 6.07) is 8.77. The zero-order valence-electron chi connectivity index (χ0n) is 16.4. The molecule has 2 aromatic rings. The topological polar surface area (TPSA) is 64.6 Å². The minimum absolute atomic E-state index is 0.0389. The molecule has 1 N–H and O–H groups in total. The second-order valence-corrected chi connectivity index (χ2v) is 9.53. The standard InChI is InChI=1S/C22H19Cl3FNO4/c23-16-3-1-14(5-17(16)24)31-9-20(29)27-22-10-21(11-22,12-22)7-13(28)8-30-15-2-4-19(26)18(25)6-15/h1-6H,7-12H2,(H,27,29). The number of ketones is 1. The number of halogens is 4. The number of amides is 1. The van der Waals surface area contributed by atoms with Gasteiger partial charge in [0.1, 0.15) is 23.9 Å². The average Bonchev–Trinajstić information content (AvgIpc) is 2.67. The molecule has 3 fully saturated rings. The zero-order chi connectivity index (χ0) is 22.2. The average molecular weight is 487 g/mol. The van der Waals surface area contributed by atoms with E-state index in [0.29, 0.717) is 28.0 Å². The van der Waals surface area contributed by atoms with E-state index in [2.05, 4.69) is 5.32 Å². The number of carbonyl (C=O) groups is 2. The predicted molar refractivity (Wildman–Crippen MR) is 116 cm³/mol. The van der Waals surface area contributed by atoms with Gasteiger partial charge in [-0.15, -0.1) is 0 Å². The Morgan fingerprint density at radius 3 is 2.16 bits per heavy atom. The fourth-order valence-electron chi connectivity index (χ4n) is 4.57. The van der Waals surface area contributed by atoms with Crippen LogP contribution in [-0.4, -0.2) is 30.4 Å². The quantitative estimate of drug-likeness (QED) is 0.526. The SMILES string of the molecule is O=C(COc1ccc(F)c(Cl)c1)CC12CC(NC(=O)COc3ccc(Cl)c(Cl)c3)(C1)C2. The lowest BCUT2D eigenvalue weighted by molar-refractivity contribution is -0.173. The summed E-state index contributed by atoms with van der Waals surface area (Å²) in [6.07, 6.45) is 2.66. The molecule has 0 heterocycles. The van der Waals surface area contributed by atoms with E-state index in [1.165, 1.54) is 18.2 Å². The maximum Gasteiger partial charge on any atom is 0.258 e. The van der Waals surface area contributed by atoms with Crippen molar-refractivity contribution < 1.29 is 23.5 Å². The molecule has 3 aliphatic rings. The third-order valence-electron chi connectivity index (χ3n) is 5.67. The van der Waals surface area contributed by atoms with Crippen LogP contribution in [0.3, 0.4) is 0 Å². The van der Waals surface area contributed by atoms with Gasteiger partial charge in [-0.25, -0.2) is 4.39 Å². The van der Waals surface area contributed by atoms with E-state index in [4.69, 9.17) is 44.3 Å². The molecule has 2 bridgehead atoms. The highest BCUT2D eigenvalue weighted by molar-refractivity contribution is 6.42. The van der Waals surface area contributed by atoms with E-state index < -0.39 is 5.82 Å². The molecule has 5 rings (SSSR count). The first-order valence-electron chi connectivity index (χ1n) is 9.66. The molecule has 0 spiro atoms. The molecule has 0 atom stereocenters. The van der Waals surface area contributed by atoms with Gasteiger partial charge in [0.05, 0.1) is 15.1 Å². The van der Waals surface area contributed by atoms with E-state index in [9.17, 15) is 14.0 Å². The van der Waals surface area contributed by atoms with Crippen molar-refractivity contribution in [1.29, 1.82) is 0 Å². The van der Waals surface area contributed by atoms with Crippen LogP contribution in [0.5, 0.6) is 11.5 Å². The van der Waals surface area contributed by atoms with Gasteiger partial charge in [0.25, 0.3) is 5.91 Å². The van der Waals surface area contributed by atoms with Crippen LogP contribution in [0.25, 0.3) is 0 Å². The molecule has 1 amide bonds. The molecule has 0 aromatic heterocycles. The van der Waals surface area contributed by atoms with Gasteiger partial charge in [-0.05, 0) is 48.9 Å². The predicted octanol–water partition coefficient (Wildman–Crippen LogP) is 5.24. The molecule has 9 heteroatoms. The summed E-state index contributed by atoms with van der Waals surface area (Å²) in [4.78, 5) is 24.5. The molecule has 5 nitrogen and oxygen atoms in total. The summed E-state index contributed by atoms with van der Waals surface area (Å²) in [5, 5.41) is 3.73. The first kappa shape index (κ1) is 22.2. The minimum Gasteiger partial charge on any atom is -0.486 e. The Morgan fingerprint density at radius 2 is 1.52 bits per heavy atom. The van der Waals surface area contributed by atoms with Gasteiger partial charge in [-0.2, -0.15) is 0 Å². The Hall–Kier alpha value is -2.02. The van der Waals surface area contributed by atoms with E-state index in [-0.39, 0.29) is 40.9 Å². The lowest BCUT2D eigenvalue weighted by atomic mass is 9.38. The van der Waals surface area contributed by atoms with Crippen LogP contribution >= 0.6 is 34.8 Å². The van der Waals surface area contributed by atoms with Gasteiger partial charge < -0.3 is 14.8 Å². The maximum atomic E-state index is 13.2. The van der Waals surface area contributed by atoms with Gasteiger partial charge in [-0.3, -0.25) is 9.59 Å². The fraction of sp³-hybridized carbons (Fsp3) is 0.364. The number of carbonyl (C=O) groups excluding carboxylic acids is 2. The van der Waals surface area contributed by atoms with Crippen LogP contribution in [0.2, 0.25) is 15.1 Å². The summed E-state index contributed by atoms with van der Waals surface area (Å²) in [6.45, 7) is -0.222. The molecular weight excluding hydrogens is 468 g/mol. The van der Waals surface area contributed by atoms with Gasteiger partial charge in [-0.1, -0.05) is 34.8 Å². The van der Waals surface area contributed by atoms with Crippen molar-refractivity contribution in [2.45, 2.75) is 31.2 Å². The van der Waals surface area contributed by atoms with Crippen molar-refractivity contribution in [2.24, 2.45) is 5.41 Å². The number of hydrogen-bond donors (Lipinski definition) is 1. The number of nitrogens with one attached hydrogen (secondary N) is 1. The smallest absolute Gasteiger partial charge is 0.258 e. The van der Waals surface area contributed by atoms with Crippen LogP contribution in [0.15, 0.2) is 36.4 Å². The Balaban J connectivity index is 1.17. The fourth-order valence-corrected chi connectivity index (χ4v) is 5.02. The van der Waals surface area contributed by atoms with Crippen molar-refractivity contribution in [2.75, 3.05) is 13.2 Å². The Kier molecular flexibility index (Phi) is 6.08. The van der Waals surface area contributed by atoms with Gasteiger partial charge >= 0.3 is 0 Å². The molecule has 31 heavy (non-hydrogen) atoms. The first-order valence-corrected chi connectivity index (χ1v) is 10.8. The third-order valence-corrected chi connectivity index (χ3v) is 6.70. The number of rotatable bonds is 9. The van der Waals surface area contributed by atoms with Crippen LogP contribution in [-0.2, 0) is 9.59 Å². The van der Waals surface area contributed by atoms with E-state index in [1.807, 2.05) is 0 Å². The normalized spacial score (nSPS) is 23.4. The number of ether oxygens (including phenoxy) is 2. The first-order chi connectivity index (χ1) is 14.7. The van der Waals surface area contributed by atoms with Crippen LogP contribution < -0.4 is 14.8 Å². The van der Waals surface area contributed by atoms with Crippen molar-refractivity contribution in [1.82, 2.24) is 5.32 Å². The van der Waals surface area contributed by atoms with E-state index in [0.717, 1.165) is 19.3 Å². The zero-order valence-corrected chi connectivity index (χ0v) is 18.6. The highest BCUT2D eigenvalue weighted by Gasteiger charge is 2.68. The van der Waals surface area contributed by atoms with Crippen molar-refractivity contribution in [3.63, 3.8) is 0 Å². The summed E-state index contributed by atoms with van der Waals surface area (Å²) in [5.41, 5.74) is -0.317. The molecule has 3 aliphatic carbocycles. The molecule has 0 saturated heterocycles. The van der Waals surface area contributed by atoms with Gasteiger partial charge in [0, 0.05) is 24.1 Å². The number of Topliss-reactive ketones (excluding diaryl/α,β-unsaturated/α-hetero) is 1. The van der Waals surface area contributed by atoms with Crippen LogP contribution in [0.4, 0.5) is 4.39 Å². The molecule has 0 radical (unpaired) electrons. The highest BCUT2D eigenvalue weighted by Crippen LogP contribution is 2.69. The minimum atomic E-state index is -0.538. The molecule has 2 aromatic carbocycles. The Bertz CT molecular complexity index is 946. The maximum absolute atomic E-state index is 13.2. The number of benzene rings is 2. The molecular formula is C22H19Cl3FNO4. The van der Waals surface area contributed by atoms with Gasteiger partial charge in [0.15, 0.2) is 12.4 Å². The van der Waals surface area contributed by atoms with Gasteiger partial charge in [0.2, 0.25) is 0 Å². The van der Waals surface area contributed by atoms with Crippen LogP contribution in [0, 0.1) is 11.2 Å². The summed E-state index contributed by atoms with van der Waals surface area (Å²) >= 11 is 17.5. The van der Waals surface area contributed by atoms with Crippen molar-refractivity contribution in [3.8, 4) is 11.5 Å². The lowest BCUT2D eigenvalue weighted by Crippen LogP contribution is -2.75. The monoisotopic (exact) mass is 485 g/mol.